The van der Waals surface area contributed by atoms with E-state index in [0.29, 0.717) is 22.4 Å². The van der Waals surface area contributed by atoms with Gasteiger partial charge in [0, 0.05) is 23.7 Å². The maximum Gasteiger partial charge on any atom is 0.445 e. The summed E-state index contributed by atoms with van der Waals surface area (Å²) in [6, 6.07) is 5.07. The lowest BCUT2D eigenvalue weighted by Crippen LogP contribution is -2.55. The third-order valence-electron chi connectivity index (χ3n) is 5.89. The summed E-state index contributed by atoms with van der Waals surface area (Å²) in [4.78, 5) is 58.5. The molecule has 0 bridgehead atoms. The molecule has 2 heterocycles. The number of hydrogen-bond donors (Lipinski definition) is 1. The molecule has 3 aliphatic rings. The summed E-state index contributed by atoms with van der Waals surface area (Å²) in [5.41, 5.74) is 0.357. The lowest BCUT2D eigenvalue weighted by Gasteiger charge is -2.27. The number of urea groups is 1. The first-order valence-electron chi connectivity index (χ1n) is 10.5. The van der Waals surface area contributed by atoms with E-state index in [1.165, 1.54) is 35.9 Å². The maximum absolute atomic E-state index is 12.9. The molecular formula is C21H23N6O5S+. The van der Waals surface area contributed by atoms with Crippen molar-refractivity contribution in [1.29, 1.82) is 0 Å². The molecule has 1 unspecified atom stereocenters. The molecule has 11 nitrogen and oxygen atoms in total. The van der Waals surface area contributed by atoms with Gasteiger partial charge in [0.05, 0.1) is 24.8 Å². The predicted molar refractivity (Wildman–Crippen MR) is 124 cm³/mol. The normalized spacial score (nSPS) is 21.0. The first-order valence-corrected chi connectivity index (χ1v) is 11.5. The van der Waals surface area contributed by atoms with Gasteiger partial charge in [-0.2, -0.15) is 9.48 Å². The van der Waals surface area contributed by atoms with Crippen molar-refractivity contribution in [3.8, 4) is 0 Å². The fourth-order valence-corrected chi connectivity index (χ4v) is 4.96. The van der Waals surface area contributed by atoms with Crippen molar-refractivity contribution >= 4 is 57.7 Å². The number of imide groups is 1. The zero-order valence-electron chi connectivity index (χ0n) is 18.2. The van der Waals surface area contributed by atoms with Gasteiger partial charge < -0.3 is 5.32 Å². The van der Waals surface area contributed by atoms with Gasteiger partial charge in [-0.15, -0.1) is 0 Å². The summed E-state index contributed by atoms with van der Waals surface area (Å²) in [5.74, 6) is -0.506. The summed E-state index contributed by atoms with van der Waals surface area (Å²) >= 11 is 1.13. The van der Waals surface area contributed by atoms with Crippen LogP contribution in [-0.2, 0) is 9.59 Å². The van der Waals surface area contributed by atoms with Crippen LogP contribution >= 0.6 is 11.8 Å². The molecule has 2 aliphatic heterocycles. The summed E-state index contributed by atoms with van der Waals surface area (Å²) in [6.07, 6.45) is 4.05. The van der Waals surface area contributed by atoms with E-state index in [2.05, 4.69) is 15.3 Å². The first kappa shape index (κ1) is 22.8. The first-order chi connectivity index (χ1) is 15.8. The number of rotatable bonds is 5. The van der Waals surface area contributed by atoms with Crippen LogP contribution in [0.25, 0.3) is 0 Å². The minimum Gasteiger partial charge on any atom is -0.325 e. The van der Waals surface area contributed by atoms with Crippen LogP contribution in [0.3, 0.4) is 0 Å². The second kappa shape index (κ2) is 9.22. The fraction of sp³-hybridized carbons (Fsp3) is 0.429. The largest absolute Gasteiger partial charge is 0.445 e. The topological polar surface area (TPSA) is 137 Å². The van der Waals surface area contributed by atoms with E-state index >= 15 is 0 Å². The van der Waals surface area contributed by atoms with Gasteiger partial charge in [-0.25, -0.2) is 9.79 Å². The molecule has 33 heavy (non-hydrogen) atoms. The zero-order chi connectivity index (χ0) is 23.7. The van der Waals surface area contributed by atoms with E-state index in [4.69, 9.17) is 0 Å². The third kappa shape index (κ3) is 4.56. The molecule has 172 valence electrons. The van der Waals surface area contributed by atoms with E-state index in [1.54, 1.807) is 7.05 Å². The number of nitrogens with zero attached hydrogens (tertiary/aromatic N) is 5. The Bertz CT molecular complexity index is 1120. The number of anilines is 1. The van der Waals surface area contributed by atoms with Gasteiger partial charge in [0.15, 0.2) is 5.92 Å². The number of amides is 4. The van der Waals surface area contributed by atoms with E-state index < -0.39 is 22.8 Å². The number of aliphatic imine (C=N–C) groups is 2. The van der Waals surface area contributed by atoms with Crippen LogP contribution in [0.4, 0.5) is 16.2 Å². The standard InChI is InChI=1S/C21H22N6O5S/c1-25-18-16(20(29)26(2)21(25)30)19(24-17(23-18)12-5-3-4-6-12)33-11-15(28)22-13-7-9-14(10-8-13)27(31)32/h7-10,12,16H,3-6,11H2,1-2H3/p+1. The summed E-state index contributed by atoms with van der Waals surface area (Å²) < 4.78 is 1.37. The molecule has 0 spiro atoms. The van der Waals surface area contributed by atoms with Crippen molar-refractivity contribution in [2.45, 2.75) is 25.7 Å². The van der Waals surface area contributed by atoms with Crippen LogP contribution in [0.15, 0.2) is 34.3 Å². The average Bonchev–Trinajstić information content (AvgIpc) is 3.35. The number of benzene rings is 1. The number of fused-ring (bicyclic) bond motifs is 1. The fourth-order valence-electron chi connectivity index (χ4n) is 4.08. The van der Waals surface area contributed by atoms with Crippen molar-refractivity contribution in [2.24, 2.45) is 21.8 Å². The SMILES string of the molecule is CN1C(=O)C2C(SCC(=O)Nc3ccc([N+](=O)[O-])cc3)=NC(C3CCCC3)=NC2=[N+](C)C1=O. The number of thioether (sulfide) groups is 1. The van der Waals surface area contributed by atoms with Gasteiger partial charge in [0.2, 0.25) is 11.7 Å². The van der Waals surface area contributed by atoms with Crippen molar-refractivity contribution in [2.75, 3.05) is 25.2 Å². The number of nitrogens with one attached hydrogen (secondary N) is 1. The maximum atomic E-state index is 12.9. The Hall–Kier alpha value is -3.41. The third-order valence-corrected chi connectivity index (χ3v) is 6.92. The van der Waals surface area contributed by atoms with Gasteiger partial charge in [-0.1, -0.05) is 29.6 Å². The van der Waals surface area contributed by atoms with Gasteiger partial charge >= 0.3 is 11.9 Å². The Morgan fingerprint density at radius 1 is 1.24 bits per heavy atom. The van der Waals surface area contributed by atoms with E-state index in [1.807, 2.05) is 0 Å². The van der Waals surface area contributed by atoms with Crippen LogP contribution in [0.1, 0.15) is 25.7 Å². The quantitative estimate of drug-likeness (QED) is 0.398. The Labute approximate surface area is 193 Å². The Morgan fingerprint density at radius 2 is 1.91 bits per heavy atom. The second-order valence-electron chi connectivity index (χ2n) is 8.07. The number of carbonyl (C=O) groups excluding carboxylic acids is 3. The number of nitro groups is 1. The zero-order valence-corrected chi connectivity index (χ0v) is 19.0. The second-order valence-corrected chi connectivity index (χ2v) is 9.07. The minimum absolute atomic E-state index is 0.0216. The molecule has 1 aromatic carbocycles. The highest BCUT2D eigenvalue weighted by atomic mass is 32.2. The number of carbonyl (C=O) groups is 3. The van der Waals surface area contributed by atoms with Crippen molar-refractivity contribution in [1.82, 2.24) is 4.90 Å². The molecule has 12 heteroatoms. The van der Waals surface area contributed by atoms with Gasteiger partial charge in [0.25, 0.3) is 11.5 Å². The molecular weight excluding hydrogens is 448 g/mol. The minimum atomic E-state index is -0.833. The van der Waals surface area contributed by atoms with Gasteiger partial charge in [-0.05, 0) is 25.0 Å². The number of nitro benzene ring substituents is 1. The average molecular weight is 472 g/mol. The molecule has 1 saturated carbocycles. The highest BCUT2D eigenvalue weighted by Gasteiger charge is 2.49. The van der Waals surface area contributed by atoms with E-state index in [-0.39, 0.29) is 23.3 Å². The van der Waals surface area contributed by atoms with Gasteiger partial charge in [-0.3, -0.25) is 19.7 Å². The van der Waals surface area contributed by atoms with Crippen LogP contribution in [0.5, 0.6) is 0 Å². The number of non-ortho nitro benzene ring substituents is 1. The van der Waals surface area contributed by atoms with Crippen molar-refractivity contribution < 1.29 is 23.9 Å². The summed E-state index contributed by atoms with van der Waals surface area (Å²) in [5, 5.41) is 13.9. The lowest BCUT2D eigenvalue weighted by molar-refractivity contribution is -0.407. The predicted octanol–water partition coefficient (Wildman–Crippen LogP) is 2.52. The highest BCUT2D eigenvalue weighted by molar-refractivity contribution is 8.14. The number of hydrogen-bond acceptors (Lipinski definition) is 8. The number of amidine groups is 2. The highest BCUT2D eigenvalue weighted by Crippen LogP contribution is 2.32. The molecule has 1 N–H and O–H groups in total. The van der Waals surface area contributed by atoms with Crippen LogP contribution in [0.2, 0.25) is 0 Å². The molecule has 1 atom stereocenters. The summed E-state index contributed by atoms with van der Waals surface area (Å²) in [7, 11) is 3.00. The molecule has 0 aromatic heterocycles. The van der Waals surface area contributed by atoms with E-state index in [0.717, 1.165) is 42.3 Å². The van der Waals surface area contributed by atoms with E-state index in [9.17, 15) is 24.5 Å². The molecule has 1 fully saturated rings. The van der Waals surface area contributed by atoms with Crippen molar-refractivity contribution in [3.63, 3.8) is 0 Å². The Morgan fingerprint density at radius 3 is 2.55 bits per heavy atom. The molecule has 4 amide bonds. The molecule has 4 rings (SSSR count). The Kier molecular flexibility index (Phi) is 6.36. The molecule has 1 aromatic rings. The molecule has 0 saturated heterocycles. The Balaban J connectivity index is 1.53. The summed E-state index contributed by atoms with van der Waals surface area (Å²) in [6.45, 7) is 0. The lowest BCUT2D eigenvalue weighted by atomic mass is 10.0. The smallest absolute Gasteiger partial charge is 0.325 e. The molecule has 1 aliphatic carbocycles. The van der Waals surface area contributed by atoms with Crippen LogP contribution in [0, 0.1) is 22.0 Å². The molecule has 0 radical (unpaired) electrons. The monoisotopic (exact) mass is 471 g/mol. The van der Waals surface area contributed by atoms with Gasteiger partial charge in [0.1, 0.15) is 5.04 Å². The van der Waals surface area contributed by atoms with Crippen LogP contribution < -0.4 is 5.32 Å². The van der Waals surface area contributed by atoms with Crippen LogP contribution in [-0.4, -0.2) is 68.8 Å². The van der Waals surface area contributed by atoms with Crippen molar-refractivity contribution in [3.05, 3.63) is 34.4 Å².